The Labute approximate surface area is 147 Å². The van der Waals surface area contributed by atoms with Gasteiger partial charge in [-0.1, -0.05) is 36.4 Å². The quantitative estimate of drug-likeness (QED) is 0.519. The molecule has 0 radical (unpaired) electrons. The van der Waals surface area contributed by atoms with Crippen LogP contribution in [0.2, 0.25) is 0 Å². The molecule has 5 aromatic rings. The molecule has 6 heteroatoms. The van der Waals surface area contributed by atoms with E-state index in [-0.39, 0.29) is 0 Å². The Kier molecular flexibility index (Phi) is 3.05. The van der Waals surface area contributed by atoms with Crippen molar-refractivity contribution in [1.29, 1.82) is 0 Å². The largest absolute Gasteiger partial charge is 0.382 e. The first-order valence-corrected chi connectivity index (χ1v) is 8.72. The van der Waals surface area contributed by atoms with Gasteiger partial charge in [0.1, 0.15) is 6.33 Å². The van der Waals surface area contributed by atoms with Crippen LogP contribution in [0.1, 0.15) is 0 Å². The van der Waals surface area contributed by atoms with Crippen LogP contribution in [-0.4, -0.2) is 19.5 Å². The lowest BCUT2D eigenvalue weighted by Crippen LogP contribution is -2.00. The zero-order valence-corrected chi connectivity index (χ0v) is 13.9. The maximum Gasteiger partial charge on any atom is 0.170 e. The number of hydrogen-bond acceptors (Lipinski definition) is 5. The molecule has 0 aliphatic carbocycles. The maximum atomic E-state index is 6.18. The topological polar surface area (TPSA) is 69.6 Å². The van der Waals surface area contributed by atoms with Crippen molar-refractivity contribution < 1.29 is 0 Å². The summed E-state index contributed by atoms with van der Waals surface area (Å²) in [6, 6.07) is 18.2. The van der Waals surface area contributed by atoms with Gasteiger partial charge in [-0.15, -0.1) is 11.3 Å². The number of anilines is 1. The third-order valence-electron chi connectivity index (χ3n) is 4.18. The summed E-state index contributed by atoms with van der Waals surface area (Å²) in [5.41, 5.74) is 9.49. The summed E-state index contributed by atoms with van der Waals surface area (Å²) in [4.78, 5) is 13.7. The number of thiophene rings is 1. The van der Waals surface area contributed by atoms with Gasteiger partial charge in [0, 0.05) is 26.7 Å². The van der Waals surface area contributed by atoms with Crippen LogP contribution in [0.4, 0.5) is 5.82 Å². The summed E-state index contributed by atoms with van der Waals surface area (Å²) in [7, 11) is 0. The fourth-order valence-electron chi connectivity index (χ4n) is 2.97. The molecule has 5 rings (SSSR count). The highest BCUT2D eigenvalue weighted by Gasteiger charge is 2.15. The van der Waals surface area contributed by atoms with E-state index < -0.39 is 0 Å². The van der Waals surface area contributed by atoms with Crippen molar-refractivity contribution in [2.45, 2.75) is 0 Å². The monoisotopic (exact) mass is 343 g/mol. The van der Waals surface area contributed by atoms with Gasteiger partial charge in [0.05, 0.1) is 0 Å². The molecule has 25 heavy (non-hydrogen) atoms. The first kappa shape index (κ1) is 14.1. The SMILES string of the molecule is Nc1nc(-c2csc3ccccc23)nc2c1ncn2-c1ccccc1. The van der Waals surface area contributed by atoms with Crippen molar-refractivity contribution in [1.82, 2.24) is 19.5 Å². The van der Waals surface area contributed by atoms with Crippen LogP contribution in [0.15, 0.2) is 66.3 Å². The second-order valence-electron chi connectivity index (χ2n) is 5.70. The van der Waals surface area contributed by atoms with Gasteiger partial charge in [0.15, 0.2) is 22.8 Å². The second kappa shape index (κ2) is 5.39. The van der Waals surface area contributed by atoms with E-state index in [0.717, 1.165) is 16.6 Å². The minimum absolute atomic E-state index is 0.393. The summed E-state index contributed by atoms with van der Waals surface area (Å²) >= 11 is 1.68. The lowest BCUT2D eigenvalue weighted by Gasteiger charge is -2.05. The zero-order chi connectivity index (χ0) is 16.8. The molecule has 0 saturated carbocycles. The number of nitrogen functional groups attached to an aromatic ring is 1. The van der Waals surface area contributed by atoms with Gasteiger partial charge in [0.2, 0.25) is 0 Å². The first-order valence-electron chi connectivity index (χ1n) is 7.84. The van der Waals surface area contributed by atoms with E-state index >= 15 is 0 Å². The number of nitrogens with two attached hydrogens (primary N) is 1. The van der Waals surface area contributed by atoms with Crippen LogP contribution < -0.4 is 5.73 Å². The van der Waals surface area contributed by atoms with E-state index in [4.69, 9.17) is 10.7 Å². The lowest BCUT2D eigenvalue weighted by molar-refractivity contribution is 1.06. The first-order chi connectivity index (χ1) is 12.3. The minimum atomic E-state index is 0.393. The van der Waals surface area contributed by atoms with Gasteiger partial charge in [0.25, 0.3) is 0 Å². The molecule has 0 spiro atoms. The van der Waals surface area contributed by atoms with E-state index in [0.29, 0.717) is 22.8 Å². The molecular formula is C19H13N5S. The Morgan fingerprint density at radius 1 is 0.920 bits per heavy atom. The number of fused-ring (bicyclic) bond motifs is 2. The van der Waals surface area contributed by atoms with E-state index in [9.17, 15) is 0 Å². The standard InChI is InChI=1S/C19H13N5S/c20-17-16-19(24(11-21-16)12-6-2-1-3-7-12)23-18(22-17)14-10-25-15-9-5-4-8-13(14)15/h1-11H,(H2,20,22,23). The molecule has 0 fully saturated rings. The molecule has 5 nitrogen and oxygen atoms in total. The minimum Gasteiger partial charge on any atom is -0.382 e. The van der Waals surface area contributed by atoms with Crippen molar-refractivity contribution in [2.75, 3.05) is 5.73 Å². The van der Waals surface area contributed by atoms with Gasteiger partial charge in [-0.3, -0.25) is 4.57 Å². The molecule has 0 aliphatic rings. The van der Waals surface area contributed by atoms with Crippen molar-refractivity contribution in [3.05, 3.63) is 66.3 Å². The molecule has 0 saturated heterocycles. The number of hydrogen-bond donors (Lipinski definition) is 1. The molecular weight excluding hydrogens is 330 g/mol. The average Bonchev–Trinajstić information content (AvgIpc) is 3.27. The number of benzene rings is 2. The molecule has 0 atom stereocenters. The predicted octanol–water partition coefficient (Wildman–Crippen LogP) is 4.28. The smallest absolute Gasteiger partial charge is 0.170 e. The fraction of sp³-hybridized carbons (Fsp3) is 0. The molecule has 120 valence electrons. The number of imidazole rings is 1. The Bertz CT molecular complexity index is 1210. The van der Waals surface area contributed by atoms with Crippen LogP contribution >= 0.6 is 11.3 Å². The van der Waals surface area contributed by atoms with E-state index in [2.05, 4.69) is 27.5 Å². The van der Waals surface area contributed by atoms with Gasteiger partial charge in [-0.25, -0.2) is 15.0 Å². The van der Waals surface area contributed by atoms with Gasteiger partial charge >= 0.3 is 0 Å². The Hall–Kier alpha value is -3.25. The highest BCUT2D eigenvalue weighted by atomic mass is 32.1. The van der Waals surface area contributed by atoms with E-state index in [1.807, 2.05) is 47.0 Å². The highest BCUT2D eigenvalue weighted by Crippen LogP contribution is 2.33. The van der Waals surface area contributed by atoms with Crippen LogP contribution in [0.3, 0.4) is 0 Å². The number of para-hydroxylation sites is 1. The number of nitrogens with zero attached hydrogens (tertiary/aromatic N) is 4. The van der Waals surface area contributed by atoms with Crippen LogP contribution in [-0.2, 0) is 0 Å². The summed E-state index contributed by atoms with van der Waals surface area (Å²) in [5.74, 6) is 1.02. The molecule has 0 bridgehead atoms. The van der Waals surface area contributed by atoms with Crippen LogP contribution in [0, 0.1) is 0 Å². The van der Waals surface area contributed by atoms with E-state index in [1.54, 1.807) is 17.7 Å². The Balaban J connectivity index is 1.78. The van der Waals surface area contributed by atoms with Gasteiger partial charge in [-0.05, 0) is 18.2 Å². The third-order valence-corrected chi connectivity index (χ3v) is 5.14. The Morgan fingerprint density at radius 2 is 1.72 bits per heavy atom. The summed E-state index contributed by atoms with van der Waals surface area (Å²) in [6.45, 7) is 0. The average molecular weight is 343 g/mol. The fourth-order valence-corrected chi connectivity index (χ4v) is 3.91. The molecule has 3 aromatic heterocycles. The lowest BCUT2D eigenvalue weighted by atomic mass is 10.1. The molecule has 2 N–H and O–H groups in total. The van der Waals surface area contributed by atoms with Gasteiger partial charge in [-0.2, -0.15) is 0 Å². The molecule has 0 amide bonds. The molecule has 3 heterocycles. The maximum absolute atomic E-state index is 6.18. The van der Waals surface area contributed by atoms with Crippen molar-refractivity contribution in [3.8, 4) is 17.1 Å². The Morgan fingerprint density at radius 3 is 2.60 bits per heavy atom. The summed E-state index contributed by atoms with van der Waals surface area (Å²) in [5, 5.41) is 3.21. The van der Waals surface area contributed by atoms with Crippen LogP contribution in [0.25, 0.3) is 38.3 Å². The summed E-state index contributed by atoms with van der Waals surface area (Å²) < 4.78 is 3.14. The van der Waals surface area contributed by atoms with E-state index in [1.165, 1.54) is 4.70 Å². The normalized spacial score (nSPS) is 11.4. The van der Waals surface area contributed by atoms with Crippen molar-refractivity contribution in [3.63, 3.8) is 0 Å². The summed E-state index contributed by atoms with van der Waals surface area (Å²) in [6.07, 6.45) is 1.74. The second-order valence-corrected chi connectivity index (χ2v) is 6.61. The predicted molar refractivity (Wildman–Crippen MR) is 102 cm³/mol. The highest BCUT2D eigenvalue weighted by molar-refractivity contribution is 7.17. The van der Waals surface area contributed by atoms with Gasteiger partial charge < -0.3 is 5.73 Å². The van der Waals surface area contributed by atoms with Crippen molar-refractivity contribution >= 4 is 38.4 Å². The number of aromatic nitrogens is 4. The molecule has 0 aliphatic heterocycles. The zero-order valence-electron chi connectivity index (χ0n) is 13.1. The molecule has 0 unspecified atom stereocenters. The van der Waals surface area contributed by atoms with Crippen LogP contribution in [0.5, 0.6) is 0 Å². The number of rotatable bonds is 2. The third kappa shape index (κ3) is 2.19. The molecule has 2 aromatic carbocycles. The van der Waals surface area contributed by atoms with Crippen molar-refractivity contribution in [2.24, 2.45) is 0 Å².